The molecule has 0 unspecified atom stereocenters. The van der Waals surface area contributed by atoms with E-state index < -0.39 is 0 Å². The van der Waals surface area contributed by atoms with Crippen molar-refractivity contribution in [2.45, 2.75) is 18.9 Å². The van der Waals surface area contributed by atoms with Gasteiger partial charge in [-0.15, -0.1) is 0 Å². The largest absolute Gasteiger partial charge is 0.393 e. The summed E-state index contributed by atoms with van der Waals surface area (Å²) in [5, 5.41) is 9.34. The molecule has 0 bridgehead atoms. The Balaban J connectivity index is 2.05. The van der Waals surface area contributed by atoms with E-state index in [4.69, 9.17) is 5.73 Å². The van der Waals surface area contributed by atoms with E-state index in [1.54, 1.807) is 12.4 Å². The van der Waals surface area contributed by atoms with Crippen LogP contribution in [0.1, 0.15) is 12.8 Å². The Labute approximate surface area is 82.6 Å². The van der Waals surface area contributed by atoms with E-state index in [0.717, 1.165) is 31.7 Å². The third-order valence-electron chi connectivity index (χ3n) is 2.45. The van der Waals surface area contributed by atoms with E-state index in [9.17, 15) is 5.11 Å². The van der Waals surface area contributed by atoms with Crippen molar-refractivity contribution in [3.63, 3.8) is 0 Å². The van der Waals surface area contributed by atoms with Gasteiger partial charge in [-0.1, -0.05) is 0 Å². The number of anilines is 2. The van der Waals surface area contributed by atoms with Crippen molar-refractivity contribution in [2.24, 2.45) is 0 Å². The van der Waals surface area contributed by atoms with Crippen LogP contribution in [0.25, 0.3) is 0 Å². The molecule has 0 atom stereocenters. The van der Waals surface area contributed by atoms with E-state index >= 15 is 0 Å². The van der Waals surface area contributed by atoms with Gasteiger partial charge in [-0.3, -0.25) is 0 Å². The lowest BCUT2D eigenvalue weighted by Gasteiger charge is -2.30. The second-order valence-electron chi connectivity index (χ2n) is 3.52. The van der Waals surface area contributed by atoms with Gasteiger partial charge in [-0.2, -0.15) is 0 Å². The molecule has 0 radical (unpaired) electrons. The molecule has 2 heterocycles. The van der Waals surface area contributed by atoms with Gasteiger partial charge in [0.2, 0.25) is 0 Å². The Hall–Kier alpha value is -1.36. The summed E-state index contributed by atoms with van der Waals surface area (Å²) in [5.74, 6) is 1.27. The molecule has 2 rings (SSSR count). The fourth-order valence-corrected chi connectivity index (χ4v) is 1.59. The molecule has 0 amide bonds. The first kappa shape index (κ1) is 9.21. The highest BCUT2D eigenvalue weighted by atomic mass is 16.3. The molecule has 1 saturated heterocycles. The van der Waals surface area contributed by atoms with Gasteiger partial charge in [0.15, 0.2) is 0 Å². The van der Waals surface area contributed by atoms with Crippen molar-refractivity contribution in [3.8, 4) is 0 Å². The van der Waals surface area contributed by atoms with E-state index in [1.807, 2.05) is 0 Å². The average Bonchev–Trinajstić information content (AvgIpc) is 2.21. The summed E-state index contributed by atoms with van der Waals surface area (Å²) in [6.07, 6.45) is 4.67. The molecule has 76 valence electrons. The van der Waals surface area contributed by atoms with Gasteiger partial charge in [0.05, 0.1) is 18.5 Å². The first-order valence-corrected chi connectivity index (χ1v) is 4.76. The smallest absolute Gasteiger partial charge is 0.147 e. The molecule has 1 aromatic heterocycles. The van der Waals surface area contributed by atoms with Crippen LogP contribution in [0.5, 0.6) is 0 Å². The topological polar surface area (TPSA) is 75.3 Å². The van der Waals surface area contributed by atoms with E-state index in [0.29, 0.717) is 5.82 Å². The monoisotopic (exact) mass is 194 g/mol. The van der Waals surface area contributed by atoms with Crippen molar-refractivity contribution in [1.82, 2.24) is 9.97 Å². The molecule has 1 fully saturated rings. The molecule has 0 aromatic carbocycles. The van der Waals surface area contributed by atoms with E-state index in [-0.39, 0.29) is 6.10 Å². The zero-order valence-corrected chi connectivity index (χ0v) is 7.93. The minimum absolute atomic E-state index is 0.159. The number of aliphatic hydroxyl groups is 1. The third-order valence-corrected chi connectivity index (χ3v) is 2.45. The van der Waals surface area contributed by atoms with Gasteiger partial charge in [-0.05, 0) is 12.8 Å². The number of nitrogen functional groups attached to an aromatic ring is 1. The SMILES string of the molecule is Nc1cnc(N2CCC(O)CC2)cn1. The van der Waals surface area contributed by atoms with Crippen LogP contribution in [0.3, 0.4) is 0 Å². The lowest BCUT2D eigenvalue weighted by Crippen LogP contribution is -2.36. The van der Waals surface area contributed by atoms with E-state index in [2.05, 4.69) is 14.9 Å². The summed E-state index contributed by atoms with van der Waals surface area (Å²) in [5.41, 5.74) is 5.45. The highest BCUT2D eigenvalue weighted by molar-refractivity contribution is 5.39. The minimum Gasteiger partial charge on any atom is -0.393 e. The lowest BCUT2D eigenvalue weighted by atomic mass is 10.1. The van der Waals surface area contributed by atoms with Crippen molar-refractivity contribution >= 4 is 11.6 Å². The van der Waals surface area contributed by atoms with Crippen molar-refractivity contribution < 1.29 is 5.11 Å². The normalized spacial score (nSPS) is 18.5. The number of aliphatic hydroxyl groups excluding tert-OH is 1. The molecule has 3 N–H and O–H groups in total. The van der Waals surface area contributed by atoms with Crippen LogP contribution < -0.4 is 10.6 Å². The quantitative estimate of drug-likeness (QED) is 0.659. The van der Waals surface area contributed by atoms with Gasteiger partial charge in [0.1, 0.15) is 11.6 Å². The number of aromatic nitrogens is 2. The Morgan fingerprint density at radius 3 is 2.57 bits per heavy atom. The van der Waals surface area contributed by atoms with Crippen LogP contribution >= 0.6 is 0 Å². The molecule has 1 aromatic rings. The molecule has 0 aliphatic carbocycles. The fourth-order valence-electron chi connectivity index (χ4n) is 1.59. The highest BCUT2D eigenvalue weighted by Crippen LogP contribution is 2.16. The zero-order valence-electron chi connectivity index (χ0n) is 7.93. The third kappa shape index (κ3) is 1.93. The van der Waals surface area contributed by atoms with Gasteiger partial charge in [0.25, 0.3) is 0 Å². The number of nitrogens with two attached hydrogens (primary N) is 1. The summed E-state index contributed by atoms with van der Waals surface area (Å²) >= 11 is 0. The maximum Gasteiger partial charge on any atom is 0.147 e. The predicted molar refractivity (Wildman–Crippen MR) is 53.9 cm³/mol. The maximum atomic E-state index is 9.34. The van der Waals surface area contributed by atoms with Crippen LogP contribution in [0.2, 0.25) is 0 Å². The minimum atomic E-state index is -0.159. The van der Waals surface area contributed by atoms with Crippen molar-refractivity contribution in [1.29, 1.82) is 0 Å². The summed E-state index contributed by atoms with van der Waals surface area (Å²) < 4.78 is 0. The predicted octanol–water partition coefficient (Wildman–Crippen LogP) is 0.0199. The van der Waals surface area contributed by atoms with Crippen LogP contribution in [0.15, 0.2) is 12.4 Å². The molecule has 5 nitrogen and oxygen atoms in total. The number of rotatable bonds is 1. The second kappa shape index (κ2) is 3.79. The number of hydrogen-bond donors (Lipinski definition) is 2. The van der Waals surface area contributed by atoms with Gasteiger partial charge < -0.3 is 15.7 Å². The Morgan fingerprint density at radius 2 is 2.00 bits per heavy atom. The van der Waals surface area contributed by atoms with Crippen molar-refractivity contribution in [3.05, 3.63) is 12.4 Å². The van der Waals surface area contributed by atoms with Gasteiger partial charge in [-0.25, -0.2) is 9.97 Å². The maximum absolute atomic E-state index is 9.34. The summed E-state index contributed by atoms with van der Waals surface area (Å²) in [4.78, 5) is 10.3. The second-order valence-corrected chi connectivity index (χ2v) is 3.52. The first-order valence-electron chi connectivity index (χ1n) is 4.76. The number of hydrogen-bond acceptors (Lipinski definition) is 5. The van der Waals surface area contributed by atoms with E-state index in [1.165, 1.54) is 0 Å². The van der Waals surface area contributed by atoms with Crippen LogP contribution in [-0.2, 0) is 0 Å². The van der Waals surface area contributed by atoms with Crippen molar-refractivity contribution in [2.75, 3.05) is 23.7 Å². The molecule has 0 spiro atoms. The number of piperidine rings is 1. The van der Waals surface area contributed by atoms with Crippen LogP contribution in [-0.4, -0.2) is 34.3 Å². The Morgan fingerprint density at radius 1 is 1.29 bits per heavy atom. The molecule has 14 heavy (non-hydrogen) atoms. The Bertz CT molecular complexity index is 292. The van der Waals surface area contributed by atoms with Crippen LogP contribution in [0.4, 0.5) is 11.6 Å². The fraction of sp³-hybridized carbons (Fsp3) is 0.556. The van der Waals surface area contributed by atoms with Gasteiger partial charge in [0, 0.05) is 13.1 Å². The van der Waals surface area contributed by atoms with Crippen LogP contribution in [0, 0.1) is 0 Å². The first-order chi connectivity index (χ1) is 6.75. The standard InChI is InChI=1S/C9H14N4O/c10-8-5-12-9(6-11-8)13-3-1-7(14)2-4-13/h5-7,14H,1-4H2,(H2,10,11). The molecule has 1 aliphatic rings. The molecular formula is C9H14N4O. The average molecular weight is 194 g/mol. The molecule has 0 saturated carbocycles. The molecular weight excluding hydrogens is 180 g/mol. The zero-order chi connectivity index (χ0) is 9.97. The highest BCUT2D eigenvalue weighted by Gasteiger charge is 2.17. The summed E-state index contributed by atoms with van der Waals surface area (Å²) in [6, 6.07) is 0. The Kier molecular flexibility index (Phi) is 2.49. The lowest BCUT2D eigenvalue weighted by molar-refractivity contribution is 0.145. The van der Waals surface area contributed by atoms with Gasteiger partial charge >= 0.3 is 0 Å². The molecule has 1 aliphatic heterocycles. The molecule has 5 heteroatoms. The summed E-state index contributed by atoms with van der Waals surface area (Å²) in [7, 11) is 0. The summed E-state index contributed by atoms with van der Waals surface area (Å²) in [6.45, 7) is 1.67. The number of nitrogens with zero attached hydrogens (tertiary/aromatic N) is 3.